The summed E-state index contributed by atoms with van der Waals surface area (Å²) in [7, 11) is 1.24. The van der Waals surface area contributed by atoms with Gasteiger partial charge in [0.1, 0.15) is 5.02 Å². The van der Waals surface area contributed by atoms with Crippen LogP contribution in [0.5, 0.6) is 0 Å². The summed E-state index contributed by atoms with van der Waals surface area (Å²) in [4.78, 5) is 22.1. The minimum absolute atomic E-state index is 0.119. The highest BCUT2D eigenvalue weighted by Gasteiger charge is 2.40. The number of nitrogen functional groups attached to an aromatic ring is 1. The topological polar surface area (TPSA) is 102 Å². The molecule has 138 valence electrons. The number of nitrogens with zero attached hydrogens (tertiary/aromatic N) is 3. The van der Waals surface area contributed by atoms with Gasteiger partial charge in [0.25, 0.3) is 0 Å². The molecular weight excluding hydrogens is 356 g/mol. The second kappa shape index (κ2) is 6.10. The van der Waals surface area contributed by atoms with Gasteiger partial charge in [-0.2, -0.15) is 4.98 Å². The average molecular weight is 377 g/mol. The maximum absolute atomic E-state index is 12.0. The summed E-state index contributed by atoms with van der Waals surface area (Å²) >= 11 is 6.29. The predicted molar refractivity (Wildman–Crippen MR) is 99.5 cm³/mol. The quantitative estimate of drug-likeness (QED) is 0.793. The summed E-state index contributed by atoms with van der Waals surface area (Å²) in [6.07, 6.45) is 1.46. The zero-order chi connectivity index (χ0) is 19.3. The predicted octanol–water partition coefficient (Wildman–Crippen LogP) is 2.52. The van der Waals surface area contributed by atoms with Crippen LogP contribution in [0.15, 0.2) is 24.4 Å². The summed E-state index contributed by atoms with van der Waals surface area (Å²) in [5, 5.41) is 11.0. The number of anilines is 3. The van der Waals surface area contributed by atoms with Gasteiger partial charge in [-0.1, -0.05) is 37.6 Å². The van der Waals surface area contributed by atoms with E-state index in [2.05, 4.69) is 23.8 Å². The zero-order valence-electron chi connectivity index (χ0n) is 15.1. The number of aliphatic hydroxyl groups is 1. The molecule has 0 fully saturated rings. The molecule has 0 radical (unpaired) electrons. The average Bonchev–Trinajstić information content (AvgIpc) is 2.87. The molecule has 7 nitrogen and oxygen atoms in total. The Morgan fingerprint density at radius 3 is 2.81 bits per heavy atom. The number of ether oxygens (including phenoxy) is 1. The molecule has 0 saturated carbocycles. The Bertz CT molecular complexity index is 883. The number of methoxy groups -OCH3 is 1. The van der Waals surface area contributed by atoms with E-state index in [0.717, 1.165) is 11.3 Å². The molecule has 8 heteroatoms. The van der Waals surface area contributed by atoms with Crippen molar-refractivity contribution in [1.29, 1.82) is 0 Å². The van der Waals surface area contributed by atoms with Crippen LogP contribution in [0.3, 0.4) is 0 Å². The van der Waals surface area contributed by atoms with E-state index in [0.29, 0.717) is 22.9 Å². The van der Waals surface area contributed by atoms with E-state index in [1.54, 1.807) is 12.1 Å². The van der Waals surface area contributed by atoms with E-state index in [1.165, 1.54) is 20.2 Å². The molecule has 2 aromatic rings. The minimum Gasteiger partial charge on any atom is -0.467 e. The van der Waals surface area contributed by atoms with E-state index < -0.39 is 11.6 Å². The van der Waals surface area contributed by atoms with Gasteiger partial charge in [0.05, 0.1) is 13.3 Å². The van der Waals surface area contributed by atoms with Gasteiger partial charge in [0.2, 0.25) is 5.95 Å². The number of hydrogen-bond donors (Lipinski definition) is 2. The number of rotatable bonds is 3. The summed E-state index contributed by atoms with van der Waals surface area (Å²) in [6, 6.07) is 5.40. The van der Waals surface area contributed by atoms with Crippen molar-refractivity contribution in [3.63, 3.8) is 0 Å². The Hall–Kier alpha value is -2.38. The summed E-state index contributed by atoms with van der Waals surface area (Å²) in [5.74, 6) is -0.125. The van der Waals surface area contributed by atoms with E-state index in [9.17, 15) is 9.90 Å². The number of carbonyl (C=O) groups excluding carboxylic acids is 1. The Balaban J connectivity index is 2.16. The van der Waals surface area contributed by atoms with Crippen molar-refractivity contribution in [2.75, 3.05) is 24.3 Å². The first-order chi connectivity index (χ1) is 12.1. The van der Waals surface area contributed by atoms with Gasteiger partial charge in [0.15, 0.2) is 11.4 Å². The summed E-state index contributed by atoms with van der Waals surface area (Å²) in [5.41, 5.74) is 6.05. The van der Waals surface area contributed by atoms with Gasteiger partial charge in [-0.25, -0.2) is 9.78 Å². The normalized spacial score (nSPS) is 17.5. The van der Waals surface area contributed by atoms with Crippen LogP contribution >= 0.6 is 11.6 Å². The van der Waals surface area contributed by atoms with Crippen molar-refractivity contribution in [3.8, 4) is 0 Å². The molecule has 1 aliphatic heterocycles. The van der Waals surface area contributed by atoms with Gasteiger partial charge in [-0.05, 0) is 24.1 Å². The van der Waals surface area contributed by atoms with E-state index >= 15 is 0 Å². The molecule has 0 bridgehead atoms. The Morgan fingerprint density at radius 1 is 1.46 bits per heavy atom. The van der Waals surface area contributed by atoms with Crippen molar-refractivity contribution < 1.29 is 14.6 Å². The standard InChI is InChI=1S/C18H21ClN4O3/c1-17(2)9-23(14-12(19)8-21-16(20)22-14)13-7-10(5-6-11(13)17)18(3,25)15(24)26-4/h5-8,25H,9H2,1-4H3,(H2,20,21,22). The van der Waals surface area contributed by atoms with Crippen LogP contribution in [0.4, 0.5) is 17.5 Å². The van der Waals surface area contributed by atoms with Crippen LogP contribution in [0.2, 0.25) is 5.02 Å². The number of hydrogen-bond acceptors (Lipinski definition) is 7. The van der Waals surface area contributed by atoms with Crippen LogP contribution in [0, 0.1) is 0 Å². The van der Waals surface area contributed by atoms with E-state index in [4.69, 9.17) is 22.1 Å². The Kier molecular flexibility index (Phi) is 4.32. The maximum Gasteiger partial charge on any atom is 0.342 e. The SMILES string of the molecule is COC(=O)C(C)(O)c1ccc2c(c1)N(c1nc(N)ncc1Cl)CC2(C)C. The molecule has 1 atom stereocenters. The van der Waals surface area contributed by atoms with Crippen molar-refractivity contribution in [3.05, 3.63) is 40.5 Å². The van der Waals surface area contributed by atoms with Gasteiger partial charge >= 0.3 is 5.97 Å². The van der Waals surface area contributed by atoms with Gasteiger partial charge < -0.3 is 20.5 Å². The number of benzene rings is 1. The van der Waals surface area contributed by atoms with Crippen LogP contribution in [-0.2, 0) is 20.5 Å². The minimum atomic E-state index is -1.77. The van der Waals surface area contributed by atoms with Crippen LogP contribution in [-0.4, -0.2) is 34.7 Å². The van der Waals surface area contributed by atoms with Crippen molar-refractivity contribution >= 4 is 35.0 Å². The number of carbonyl (C=O) groups is 1. The second-order valence-corrected chi connectivity index (χ2v) is 7.57. The second-order valence-electron chi connectivity index (χ2n) is 7.17. The van der Waals surface area contributed by atoms with Gasteiger partial charge in [-0.3, -0.25) is 0 Å². The number of halogens is 1. The first-order valence-corrected chi connectivity index (χ1v) is 8.47. The molecule has 26 heavy (non-hydrogen) atoms. The highest BCUT2D eigenvalue weighted by molar-refractivity contribution is 6.33. The molecule has 1 aromatic carbocycles. The Labute approximate surface area is 156 Å². The molecule has 0 spiro atoms. The molecular formula is C18H21ClN4O3. The third-order valence-corrected chi connectivity index (χ3v) is 4.98. The summed E-state index contributed by atoms with van der Waals surface area (Å²) in [6.45, 7) is 6.22. The van der Waals surface area contributed by atoms with Crippen molar-refractivity contribution in [2.45, 2.75) is 31.8 Å². The lowest BCUT2D eigenvalue weighted by Gasteiger charge is -2.24. The first-order valence-electron chi connectivity index (χ1n) is 8.09. The van der Waals surface area contributed by atoms with Crippen LogP contribution < -0.4 is 10.6 Å². The molecule has 0 aliphatic carbocycles. The first kappa shape index (κ1) is 18.4. The number of aromatic nitrogens is 2. The number of fused-ring (bicyclic) bond motifs is 1. The Morgan fingerprint density at radius 2 is 2.15 bits per heavy atom. The molecule has 0 saturated heterocycles. The monoisotopic (exact) mass is 376 g/mol. The molecule has 3 rings (SSSR count). The fourth-order valence-electron chi connectivity index (χ4n) is 3.26. The lowest BCUT2D eigenvalue weighted by Crippen LogP contribution is -2.33. The van der Waals surface area contributed by atoms with Crippen LogP contribution in [0.25, 0.3) is 0 Å². The molecule has 0 amide bonds. The maximum atomic E-state index is 12.0. The third-order valence-electron chi connectivity index (χ3n) is 4.72. The van der Waals surface area contributed by atoms with E-state index in [1.807, 2.05) is 11.0 Å². The molecule has 1 aromatic heterocycles. The fraction of sp³-hybridized carbons (Fsp3) is 0.389. The fourth-order valence-corrected chi connectivity index (χ4v) is 3.45. The zero-order valence-corrected chi connectivity index (χ0v) is 15.8. The smallest absolute Gasteiger partial charge is 0.342 e. The molecule has 2 heterocycles. The summed E-state index contributed by atoms with van der Waals surface area (Å²) < 4.78 is 4.72. The van der Waals surface area contributed by atoms with E-state index in [-0.39, 0.29) is 11.4 Å². The van der Waals surface area contributed by atoms with Crippen LogP contribution in [0.1, 0.15) is 31.9 Å². The van der Waals surface area contributed by atoms with Crippen molar-refractivity contribution in [1.82, 2.24) is 9.97 Å². The van der Waals surface area contributed by atoms with Gasteiger partial charge in [0, 0.05) is 17.6 Å². The lowest BCUT2D eigenvalue weighted by atomic mass is 9.85. The molecule has 3 N–H and O–H groups in total. The number of esters is 1. The lowest BCUT2D eigenvalue weighted by molar-refractivity contribution is -0.161. The molecule has 1 unspecified atom stereocenters. The highest BCUT2D eigenvalue weighted by Crippen LogP contribution is 2.46. The van der Waals surface area contributed by atoms with Crippen molar-refractivity contribution in [2.24, 2.45) is 0 Å². The number of nitrogens with two attached hydrogens (primary N) is 1. The molecule has 1 aliphatic rings. The third kappa shape index (κ3) is 2.87. The highest BCUT2D eigenvalue weighted by atomic mass is 35.5. The van der Waals surface area contributed by atoms with Gasteiger partial charge in [-0.15, -0.1) is 0 Å². The largest absolute Gasteiger partial charge is 0.467 e.